The van der Waals surface area contributed by atoms with Crippen LogP contribution in [-0.4, -0.2) is 24.9 Å². The molecule has 0 radical (unpaired) electrons. The third kappa shape index (κ3) is 12.2. The van der Waals surface area contributed by atoms with Gasteiger partial charge in [-0.2, -0.15) is 13.2 Å². The van der Waals surface area contributed by atoms with E-state index in [0.29, 0.717) is 6.42 Å². The van der Waals surface area contributed by atoms with Crippen LogP contribution in [0.4, 0.5) is 13.2 Å². The number of hydrogen-bond acceptors (Lipinski definition) is 3. The van der Waals surface area contributed by atoms with Crippen molar-refractivity contribution in [3.63, 3.8) is 0 Å². The maximum atomic E-state index is 13.4. The molecule has 0 aliphatic heterocycles. The van der Waals surface area contributed by atoms with Gasteiger partial charge in [-0.1, -0.05) is 114 Å². The summed E-state index contributed by atoms with van der Waals surface area (Å²) in [6, 6.07) is 14.8. The number of carbonyl (C=O) groups excluding carboxylic acids is 1. The normalized spacial score (nSPS) is 12.5. The summed E-state index contributed by atoms with van der Waals surface area (Å²) in [7, 11) is 0. The lowest BCUT2D eigenvalue weighted by Crippen LogP contribution is -2.42. The van der Waals surface area contributed by atoms with Crippen molar-refractivity contribution in [3.8, 4) is 16.9 Å². The highest BCUT2D eigenvalue weighted by atomic mass is 19.4. The molecule has 1 atom stereocenters. The molecular weight excluding hydrogens is 477 g/mol. The Morgan fingerprint density at radius 2 is 1.19 bits per heavy atom. The minimum Gasteiger partial charge on any atom is -0.424 e. The van der Waals surface area contributed by atoms with Gasteiger partial charge in [0.25, 0.3) is 6.10 Å². The highest BCUT2D eigenvalue weighted by molar-refractivity contribution is 5.78. The van der Waals surface area contributed by atoms with Crippen LogP contribution in [0.5, 0.6) is 5.75 Å². The zero-order chi connectivity index (χ0) is 26.9. The topological polar surface area (TPSA) is 35.5 Å². The highest BCUT2D eigenvalue weighted by Crippen LogP contribution is 2.27. The lowest BCUT2D eigenvalue weighted by molar-refractivity contribution is -0.225. The van der Waals surface area contributed by atoms with Gasteiger partial charge in [-0.15, -0.1) is 0 Å². The van der Waals surface area contributed by atoms with Crippen molar-refractivity contribution in [1.29, 1.82) is 0 Å². The molecule has 0 fully saturated rings. The number of unbranched alkanes of at least 4 members (excludes halogenated alkanes) is 10. The Kier molecular flexibility index (Phi) is 14.4. The van der Waals surface area contributed by atoms with Crippen LogP contribution in [0.25, 0.3) is 11.1 Å². The van der Waals surface area contributed by atoms with E-state index < -0.39 is 18.2 Å². The first-order valence-electron chi connectivity index (χ1n) is 13.9. The number of benzene rings is 2. The number of esters is 1. The largest absolute Gasteiger partial charge is 0.425 e. The number of ether oxygens (including phenoxy) is 2. The van der Waals surface area contributed by atoms with Crippen molar-refractivity contribution in [1.82, 2.24) is 0 Å². The number of hydrogen-bond donors (Lipinski definition) is 0. The average molecular weight is 521 g/mol. The molecule has 3 nitrogen and oxygen atoms in total. The molecule has 0 N–H and O–H groups in total. The third-order valence-electron chi connectivity index (χ3n) is 6.47. The fraction of sp³-hybridized carbons (Fsp3) is 0.581. The summed E-state index contributed by atoms with van der Waals surface area (Å²) in [5.74, 6) is -1.38. The Morgan fingerprint density at radius 3 is 1.73 bits per heavy atom. The second kappa shape index (κ2) is 17.2. The molecule has 0 aliphatic carbocycles. The van der Waals surface area contributed by atoms with E-state index in [1.165, 1.54) is 62.6 Å². The zero-order valence-electron chi connectivity index (χ0n) is 22.5. The summed E-state index contributed by atoms with van der Waals surface area (Å²) >= 11 is 0. The zero-order valence-corrected chi connectivity index (χ0v) is 22.5. The molecule has 0 aromatic heterocycles. The van der Waals surface area contributed by atoms with E-state index in [-0.39, 0.29) is 12.4 Å². The summed E-state index contributed by atoms with van der Waals surface area (Å²) in [6.45, 7) is 4.16. The Morgan fingerprint density at radius 1 is 0.703 bits per heavy atom. The highest BCUT2D eigenvalue weighted by Gasteiger charge is 2.47. The van der Waals surface area contributed by atoms with Gasteiger partial charge >= 0.3 is 12.1 Å². The van der Waals surface area contributed by atoms with Gasteiger partial charge < -0.3 is 9.47 Å². The van der Waals surface area contributed by atoms with Crippen molar-refractivity contribution in [2.75, 3.05) is 6.61 Å². The number of alkyl halides is 3. The van der Waals surface area contributed by atoms with Crippen molar-refractivity contribution in [3.05, 3.63) is 54.1 Å². The number of carbonyl (C=O) groups is 1. The van der Waals surface area contributed by atoms with Crippen LogP contribution in [0.1, 0.15) is 96.5 Å². The molecule has 206 valence electrons. The molecular formula is C31H43F3O3. The van der Waals surface area contributed by atoms with Gasteiger partial charge in [0.1, 0.15) is 5.75 Å². The molecule has 0 saturated carbocycles. The second-order valence-electron chi connectivity index (χ2n) is 9.72. The number of aryl methyl sites for hydroxylation is 1. The van der Waals surface area contributed by atoms with Gasteiger partial charge in [-0.05, 0) is 48.1 Å². The molecule has 1 unspecified atom stereocenters. The van der Waals surface area contributed by atoms with Crippen LogP contribution in [0.2, 0.25) is 0 Å². The van der Waals surface area contributed by atoms with E-state index in [1.54, 1.807) is 12.1 Å². The molecule has 37 heavy (non-hydrogen) atoms. The Labute approximate surface area is 220 Å². The van der Waals surface area contributed by atoms with Crippen LogP contribution >= 0.6 is 0 Å². The fourth-order valence-corrected chi connectivity index (χ4v) is 4.24. The summed E-state index contributed by atoms with van der Waals surface area (Å²) in [6.07, 6.45) is 6.91. The van der Waals surface area contributed by atoms with Gasteiger partial charge in [0, 0.05) is 6.61 Å². The molecule has 0 bridgehead atoms. The van der Waals surface area contributed by atoms with Crippen molar-refractivity contribution < 1.29 is 27.4 Å². The van der Waals surface area contributed by atoms with Crippen molar-refractivity contribution >= 4 is 5.97 Å². The standard InChI is InChI=1S/C31H43F3O3/c1-3-5-7-9-10-11-13-15-25-16-18-26(19-17-25)27-20-22-28(23-21-27)37-30(35)29(31(32,33)34)36-24-14-12-8-6-4-2/h16-23,29H,3-15,24H2,1-2H3. The quantitative estimate of drug-likeness (QED) is 0.112. The van der Waals surface area contributed by atoms with E-state index in [4.69, 9.17) is 9.47 Å². The molecule has 0 saturated heterocycles. The first-order chi connectivity index (χ1) is 17.8. The number of rotatable bonds is 18. The molecule has 2 aromatic carbocycles. The third-order valence-corrected chi connectivity index (χ3v) is 6.47. The maximum Gasteiger partial charge on any atom is 0.425 e. The maximum absolute atomic E-state index is 13.4. The average Bonchev–Trinajstić information content (AvgIpc) is 2.88. The lowest BCUT2D eigenvalue weighted by atomic mass is 10.0. The van der Waals surface area contributed by atoms with Crippen LogP contribution < -0.4 is 4.74 Å². The van der Waals surface area contributed by atoms with Crippen LogP contribution in [-0.2, 0) is 16.0 Å². The van der Waals surface area contributed by atoms with Crippen LogP contribution in [0.15, 0.2) is 48.5 Å². The fourth-order valence-electron chi connectivity index (χ4n) is 4.24. The van der Waals surface area contributed by atoms with Gasteiger partial charge in [0.15, 0.2) is 0 Å². The first kappa shape index (κ1) is 30.9. The second-order valence-corrected chi connectivity index (χ2v) is 9.72. The minimum absolute atomic E-state index is 0.0603. The van der Waals surface area contributed by atoms with Crippen molar-refractivity contribution in [2.45, 2.75) is 110 Å². The summed E-state index contributed by atoms with van der Waals surface area (Å²) < 4.78 is 50.0. The van der Waals surface area contributed by atoms with Gasteiger partial charge in [0.2, 0.25) is 0 Å². The predicted octanol–water partition coefficient (Wildman–Crippen LogP) is 9.47. The molecule has 0 aliphatic rings. The van der Waals surface area contributed by atoms with E-state index in [1.807, 2.05) is 12.1 Å². The van der Waals surface area contributed by atoms with Crippen LogP contribution in [0.3, 0.4) is 0 Å². The minimum atomic E-state index is -4.82. The smallest absolute Gasteiger partial charge is 0.424 e. The van der Waals surface area contributed by atoms with E-state index >= 15 is 0 Å². The van der Waals surface area contributed by atoms with E-state index in [9.17, 15) is 18.0 Å². The summed E-state index contributed by atoms with van der Waals surface area (Å²) in [4.78, 5) is 12.2. The Bertz CT molecular complexity index is 876. The number of halogens is 3. The summed E-state index contributed by atoms with van der Waals surface area (Å²) in [5, 5.41) is 0. The van der Waals surface area contributed by atoms with Gasteiger partial charge in [-0.3, -0.25) is 0 Å². The molecule has 2 aromatic rings. The first-order valence-corrected chi connectivity index (χ1v) is 13.9. The Balaban J connectivity index is 1.83. The summed E-state index contributed by atoms with van der Waals surface area (Å²) in [5.41, 5.74) is 3.20. The van der Waals surface area contributed by atoms with Gasteiger partial charge in [0.05, 0.1) is 0 Å². The lowest BCUT2D eigenvalue weighted by Gasteiger charge is -2.19. The van der Waals surface area contributed by atoms with E-state index in [2.05, 4.69) is 26.0 Å². The van der Waals surface area contributed by atoms with Crippen molar-refractivity contribution in [2.24, 2.45) is 0 Å². The molecule has 0 spiro atoms. The Hall–Kier alpha value is -2.34. The van der Waals surface area contributed by atoms with Crippen LogP contribution in [0, 0.1) is 0 Å². The molecule has 2 rings (SSSR count). The predicted molar refractivity (Wildman–Crippen MR) is 144 cm³/mol. The van der Waals surface area contributed by atoms with E-state index in [0.717, 1.165) is 43.2 Å². The monoisotopic (exact) mass is 520 g/mol. The molecule has 0 heterocycles. The SMILES string of the molecule is CCCCCCCCCc1ccc(-c2ccc(OC(=O)C(OCCCCCCC)C(F)(F)F)cc2)cc1. The van der Waals surface area contributed by atoms with Gasteiger partial charge in [-0.25, -0.2) is 4.79 Å². The molecule has 0 amide bonds. The molecule has 6 heteroatoms.